The minimum Gasteiger partial charge on any atom is -0.398 e. The molecule has 0 atom stereocenters. The SMILES string of the molecule is CC(C)CN(CC(C)C)c1ccc(N)c(C#N)c1. The molecule has 3 heteroatoms. The lowest BCUT2D eigenvalue weighted by Gasteiger charge is -2.28. The fraction of sp³-hybridized carbons (Fsp3) is 0.533. The van der Waals surface area contributed by atoms with Gasteiger partial charge in [-0.25, -0.2) is 0 Å². The van der Waals surface area contributed by atoms with Gasteiger partial charge in [-0.05, 0) is 30.0 Å². The van der Waals surface area contributed by atoms with E-state index < -0.39 is 0 Å². The van der Waals surface area contributed by atoms with Gasteiger partial charge in [0.2, 0.25) is 0 Å². The van der Waals surface area contributed by atoms with Crippen LogP contribution in [-0.4, -0.2) is 13.1 Å². The normalized spacial score (nSPS) is 10.7. The molecule has 3 nitrogen and oxygen atoms in total. The summed E-state index contributed by atoms with van der Waals surface area (Å²) < 4.78 is 0. The van der Waals surface area contributed by atoms with Crippen molar-refractivity contribution < 1.29 is 0 Å². The topological polar surface area (TPSA) is 53.0 Å². The van der Waals surface area contributed by atoms with Gasteiger partial charge in [-0.15, -0.1) is 0 Å². The van der Waals surface area contributed by atoms with Crippen molar-refractivity contribution in [1.29, 1.82) is 5.26 Å². The molecule has 0 saturated heterocycles. The summed E-state index contributed by atoms with van der Waals surface area (Å²) in [5.74, 6) is 1.18. The number of nitrogen functional groups attached to an aromatic ring is 1. The fourth-order valence-electron chi connectivity index (χ4n) is 2.00. The van der Waals surface area contributed by atoms with Crippen molar-refractivity contribution in [3.63, 3.8) is 0 Å². The molecule has 0 heterocycles. The van der Waals surface area contributed by atoms with Crippen LogP contribution in [0.3, 0.4) is 0 Å². The second kappa shape index (κ2) is 6.30. The number of nitrogens with two attached hydrogens (primary N) is 1. The number of rotatable bonds is 5. The van der Waals surface area contributed by atoms with Crippen LogP contribution in [0.5, 0.6) is 0 Å². The largest absolute Gasteiger partial charge is 0.398 e. The third-order valence-electron chi connectivity index (χ3n) is 2.69. The van der Waals surface area contributed by atoms with E-state index in [1.807, 2.05) is 18.2 Å². The number of nitriles is 1. The van der Waals surface area contributed by atoms with Gasteiger partial charge in [-0.1, -0.05) is 27.7 Å². The van der Waals surface area contributed by atoms with Gasteiger partial charge in [-0.2, -0.15) is 5.26 Å². The summed E-state index contributed by atoms with van der Waals surface area (Å²) >= 11 is 0. The van der Waals surface area contributed by atoms with Gasteiger partial charge in [0.05, 0.1) is 5.56 Å². The molecule has 0 aliphatic heterocycles. The zero-order chi connectivity index (χ0) is 13.7. The average Bonchev–Trinajstić information content (AvgIpc) is 2.27. The Bertz CT molecular complexity index is 420. The Morgan fingerprint density at radius 2 is 1.72 bits per heavy atom. The third kappa shape index (κ3) is 3.96. The maximum Gasteiger partial charge on any atom is 0.101 e. The van der Waals surface area contributed by atoms with Crippen LogP contribution in [0, 0.1) is 23.2 Å². The van der Waals surface area contributed by atoms with E-state index >= 15 is 0 Å². The molecule has 0 aromatic heterocycles. The number of benzene rings is 1. The van der Waals surface area contributed by atoms with Crippen molar-refractivity contribution in [1.82, 2.24) is 0 Å². The Morgan fingerprint density at radius 3 is 2.17 bits per heavy atom. The second-order valence-electron chi connectivity index (χ2n) is 5.58. The first-order chi connectivity index (χ1) is 8.43. The predicted octanol–water partition coefficient (Wildman–Crippen LogP) is 3.26. The van der Waals surface area contributed by atoms with Gasteiger partial charge >= 0.3 is 0 Å². The molecule has 0 radical (unpaired) electrons. The van der Waals surface area contributed by atoms with E-state index in [1.165, 1.54) is 0 Å². The smallest absolute Gasteiger partial charge is 0.101 e. The van der Waals surface area contributed by atoms with E-state index in [2.05, 4.69) is 38.7 Å². The molecule has 18 heavy (non-hydrogen) atoms. The maximum absolute atomic E-state index is 9.04. The first-order valence-electron chi connectivity index (χ1n) is 6.48. The fourth-order valence-corrected chi connectivity index (χ4v) is 2.00. The van der Waals surface area contributed by atoms with E-state index in [9.17, 15) is 0 Å². The van der Waals surface area contributed by atoms with E-state index in [-0.39, 0.29) is 0 Å². The van der Waals surface area contributed by atoms with Crippen LogP contribution >= 0.6 is 0 Å². The highest BCUT2D eigenvalue weighted by atomic mass is 15.1. The van der Waals surface area contributed by atoms with Crippen LogP contribution in [0.25, 0.3) is 0 Å². The van der Waals surface area contributed by atoms with E-state index in [4.69, 9.17) is 11.0 Å². The number of nitrogens with zero attached hydrogens (tertiary/aromatic N) is 2. The Morgan fingerprint density at radius 1 is 1.17 bits per heavy atom. The van der Waals surface area contributed by atoms with Crippen LogP contribution in [0.2, 0.25) is 0 Å². The summed E-state index contributed by atoms with van der Waals surface area (Å²) in [6.07, 6.45) is 0. The van der Waals surface area contributed by atoms with Crippen molar-refractivity contribution in [3.05, 3.63) is 23.8 Å². The lowest BCUT2D eigenvalue weighted by atomic mass is 10.1. The molecule has 98 valence electrons. The maximum atomic E-state index is 9.04. The highest BCUT2D eigenvalue weighted by Crippen LogP contribution is 2.22. The number of anilines is 2. The average molecular weight is 245 g/mol. The van der Waals surface area contributed by atoms with E-state index in [0.717, 1.165) is 18.8 Å². The van der Waals surface area contributed by atoms with Crippen LogP contribution in [-0.2, 0) is 0 Å². The van der Waals surface area contributed by atoms with Gasteiger partial charge in [0.25, 0.3) is 0 Å². The van der Waals surface area contributed by atoms with Crippen LogP contribution in [0.4, 0.5) is 11.4 Å². The molecular formula is C15H23N3. The molecule has 0 aliphatic rings. The first-order valence-corrected chi connectivity index (χ1v) is 6.48. The Kier molecular flexibility index (Phi) is 5.03. The molecule has 0 amide bonds. The Balaban J connectivity index is 3.01. The zero-order valence-electron chi connectivity index (χ0n) is 11.8. The van der Waals surface area contributed by atoms with Gasteiger partial charge in [-0.3, -0.25) is 0 Å². The third-order valence-corrected chi connectivity index (χ3v) is 2.69. The molecule has 2 N–H and O–H groups in total. The Hall–Kier alpha value is -1.69. The summed E-state index contributed by atoms with van der Waals surface area (Å²) in [5.41, 5.74) is 7.96. The number of hydrogen-bond donors (Lipinski definition) is 1. The van der Waals surface area contributed by atoms with Crippen molar-refractivity contribution in [2.24, 2.45) is 11.8 Å². The quantitative estimate of drug-likeness (QED) is 0.810. The van der Waals surface area contributed by atoms with Gasteiger partial charge in [0.1, 0.15) is 6.07 Å². The first kappa shape index (κ1) is 14.4. The van der Waals surface area contributed by atoms with Crippen molar-refractivity contribution in [2.45, 2.75) is 27.7 Å². The van der Waals surface area contributed by atoms with Crippen LogP contribution < -0.4 is 10.6 Å². The highest BCUT2D eigenvalue weighted by molar-refractivity contribution is 5.62. The minimum atomic E-state index is 0.551. The molecule has 0 bridgehead atoms. The van der Waals surface area contributed by atoms with E-state index in [0.29, 0.717) is 23.1 Å². The lowest BCUT2D eigenvalue weighted by molar-refractivity contribution is 0.553. The lowest BCUT2D eigenvalue weighted by Crippen LogP contribution is -2.31. The molecule has 0 spiro atoms. The Labute approximate surface area is 110 Å². The molecule has 0 fully saturated rings. The summed E-state index contributed by atoms with van der Waals surface area (Å²) in [5, 5.41) is 9.04. The second-order valence-corrected chi connectivity index (χ2v) is 5.58. The van der Waals surface area contributed by atoms with Crippen molar-refractivity contribution in [3.8, 4) is 6.07 Å². The van der Waals surface area contributed by atoms with Gasteiger partial charge in [0.15, 0.2) is 0 Å². The minimum absolute atomic E-state index is 0.551. The summed E-state index contributed by atoms with van der Waals surface area (Å²) in [7, 11) is 0. The summed E-state index contributed by atoms with van der Waals surface area (Å²) in [6, 6.07) is 7.86. The summed E-state index contributed by atoms with van der Waals surface area (Å²) in [6.45, 7) is 10.8. The van der Waals surface area contributed by atoms with Crippen LogP contribution in [0.15, 0.2) is 18.2 Å². The molecule has 0 aliphatic carbocycles. The van der Waals surface area contributed by atoms with Crippen molar-refractivity contribution >= 4 is 11.4 Å². The molecule has 1 aromatic carbocycles. The predicted molar refractivity (Wildman–Crippen MR) is 77.5 cm³/mol. The molecular weight excluding hydrogens is 222 g/mol. The van der Waals surface area contributed by atoms with E-state index in [1.54, 1.807) is 0 Å². The number of hydrogen-bond acceptors (Lipinski definition) is 3. The molecule has 1 rings (SSSR count). The standard InChI is InChI=1S/C15H23N3/c1-11(2)9-18(10-12(3)4)14-5-6-15(17)13(7-14)8-16/h5-7,11-12H,9-10,17H2,1-4H3. The zero-order valence-corrected chi connectivity index (χ0v) is 11.8. The molecule has 1 aromatic rings. The molecule has 0 saturated carbocycles. The van der Waals surface area contributed by atoms with Gasteiger partial charge in [0, 0.05) is 24.5 Å². The van der Waals surface area contributed by atoms with Gasteiger partial charge < -0.3 is 10.6 Å². The summed E-state index contributed by atoms with van der Waals surface area (Å²) in [4.78, 5) is 2.33. The monoisotopic (exact) mass is 245 g/mol. The highest BCUT2D eigenvalue weighted by Gasteiger charge is 2.12. The van der Waals surface area contributed by atoms with Crippen molar-refractivity contribution in [2.75, 3.05) is 23.7 Å². The molecule has 0 unspecified atom stereocenters. The van der Waals surface area contributed by atoms with Crippen LogP contribution in [0.1, 0.15) is 33.3 Å².